The van der Waals surface area contributed by atoms with E-state index >= 15 is 0 Å². The number of anilines is 2. The first-order valence-electron chi connectivity index (χ1n) is 10.7. The molecule has 178 valence electrons. The molecule has 0 saturated carbocycles. The molecule has 7 nitrogen and oxygen atoms in total. The van der Waals surface area contributed by atoms with E-state index in [2.05, 4.69) is 33.2 Å². The number of ether oxygens (including phenoxy) is 2. The Morgan fingerprint density at radius 2 is 1.80 bits per heavy atom. The zero-order valence-electron chi connectivity index (χ0n) is 19.5. The molecule has 0 aliphatic carbocycles. The number of aryl methyl sites for hydroxylation is 2. The molecule has 35 heavy (non-hydrogen) atoms. The standard InChI is InChI=1S/C27H24IN3O4/c1-17-9-10-18(2)23(11-17)31-25(32)16-35-26-22(28)13-19(14-24(26)34-3)12-20(15-29)27(33)30-21-7-5-4-6-8-21/h4-14H,16H2,1-3H3,(H,30,33)(H,31,32)/b20-12+. The van der Waals surface area contributed by atoms with Crippen LogP contribution in [-0.2, 0) is 9.59 Å². The van der Waals surface area contributed by atoms with E-state index in [1.165, 1.54) is 13.2 Å². The second kappa shape index (κ2) is 12.0. The number of carbonyl (C=O) groups excluding carboxylic acids is 2. The molecule has 0 aliphatic rings. The van der Waals surface area contributed by atoms with Crippen molar-refractivity contribution in [3.05, 3.63) is 86.5 Å². The summed E-state index contributed by atoms with van der Waals surface area (Å²) < 4.78 is 11.9. The van der Waals surface area contributed by atoms with Crippen LogP contribution in [0.25, 0.3) is 6.08 Å². The van der Waals surface area contributed by atoms with Crippen LogP contribution >= 0.6 is 22.6 Å². The lowest BCUT2D eigenvalue weighted by Gasteiger charge is -2.14. The fourth-order valence-electron chi connectivity index (χ4n) is 3.19. The summed E-state index contributed by atoms with van der Waals surface area (Å²) in [6.07, 6.45) is 1.47. The number of para-hydroxylation sites is 1. The van der Waals surface area contributed by atoms with Gasteiger partial charge in [0.15, 0.2) is 18.1 Å². The van der Waals surface area contributed by atoms with Crippen LogP contribution in [0.4, 0.5) is 11.4 Å². The maximum absolute atomic E-state index is 12.5. The zero-order valence-corrected chi connectivity index (χ0v) is 21.7. The number of nitrogens with one attached hydrogen (secondary N) is 2. The lowest BCUT2D eigenvalue weighted by Crippen LogP contribution is -2.21. The van der Waals surface area contributed by atoms with E-state index in [4.69, 9.17) is 9.47 Å². The maximum atomic E-state index is 12.5. The minimum Gasteiger partial charge on any atom is -0.493 e. The molecule has 0 atom stereocenters. The number of amides is 2. The predicted octanol–water partition coefficient (Wildman–Crippen LogP) is 5.48. The Morgan fingerprint density at radius 3 is 2.49 bits per heavy atom. The molecule has 0 bridgehead atoms. The third-order valence-corrected chi connectivity index (χ3v) is 5.78. The van der Waals surface area contributed by atoms with Crippen LogP contribution in [0.1, 0.15) is 16.7 Å². The zero-order chi connectivity index (χ0) is 25.4. The molecular formula is C27H24IN3O4. The van der Waals surface area contributed by atoms with Crippen LogP contribution in [0.5, 0.6) is 11.5 Å². The fourth-order valence-corrected chi connectivity index (χ4v) is 3.97. The van der Waals surface area contributed by atoms with Gasteiger partial charge >= 0.3 is 0 Å². The number of nitrogens with zero attached hydrogens (tertiary/aromatic N) is 1. The van der Waals surface area contributed by atoms with Gasteiger partial charge in [0.1, 0.15) is 11.6 Å². The van der Waals surface area contributed by atoms with E-state index in [0.29, 0.717) is 26.3 Å². The van der Waals surface area contributed by atoms with E-state index < -0.39 is 5.91 Å². The van der Waals surface area contributed by atoms with Gasteiger partial charge in [-0.3, -0.25) is 9.59 Å². The number of hydrogen-bond donors (Lipinski definition) is 2. The van der Waals surface area contributed by atoms with Gasteiger partial charge in [0.25, 0.3) is 11.8 Å². The van der Waals surface area contributed by atoms with Crippen molar-refractivity contribution in [2.45, 2.75) is 13.8 Å². The van der Waals surface area contributed by atoms with E-state index in [0.717, 1.165) is 16.8 Å². The predicted molar refractivity (Wildman–Crippen MR) is 144 cm³/mol. The molecule has 0 spiro atoms. The summed E-state index contributed by atoms with van der Waals surface area (Å²) in [5.74, 6) is -0.0435. The molecule has 0 saturated heterocycles. The monoisotopic (exact) mass is 581 g/mol. The molecule has 2 amide bonds. The summed E-state index contributed by atoms with van der Waals surface area (Å²) in [5.41, 5.74) is 3.84. The molecule has 0 unspecified atom stereocenters. The van der Waals surface area contributed by atoms with Crippen molar-refractivity contribution in [3.63, 3.8) is 0 Å². The van der Waals surface area contributed by atoms with Crippen molar-refractivity contribution in [2.75, 3.05) is 24.4 Å². The number of halogens is 1. The molecule has 0 fully saturated rings. The van der Waals surface area contributed by atoms with Gasteiger partial charge < -0.3 is 20.1 Å². The van der Waals surface area contributed by atoms with Gasteiger partial charge in [-0.25, -0.2) is 0 Å². The lowest BCUT2D eigenvalue weighted by molar-refractivity contribution is -0.118. The van der Waals surface area contributed by atoms with Crippen molar-refractivity contribution >= 4 is 51.9 Å². The van der Waals surface area contributed by atoms with Crippen LogP contribution in [0, 0.1) is 28.7 Å². The average Bonchev–Trinajstić information content (AvgIpc) is 2.84. The van der Waals surface area contributed by atoms with Gasteiger partial charge in [0, 0.05) is 11.4 Å². The third-order valence-electron chi connectivity index (χ3n) is 4.97. The van der Waals surface area contributed by atoms with E-state index in [1.54, 1.807) is 36.4 Å². The van der Waals surface area contributed by atoms with Crippen LogP contribution in [-0.4, -0.2) is 25.5 Å². The maximum Gasteiger partial charge on any atom is 0.266 e. The SMILES string of the molecule is COc1cc(/C=C(\C#N)C(=O)Nc2ccccc2)cc(I)c1OCC(=O)Nc1cc(C)ccc1C. The van der Waals surface area contributed by atoms with Crippen molar-refractivity contribution < 1.29 is 19.1 Å². The van der Waals surface area contributed by atoms with E-state index in [9.17, 15) is 14.9 Å². The highest BCUT2D eigenvalue weighted by molar-refractivity contribution is 14.1. The normalized spacial score (nSPS) is 10.8. The Balaban J connectivity index is 1.74. The second-order valence-electron chi connectivity index (χ2n) is 7.68. The topological polar surface area (TPSA) is 100 Å². The Labute approximate surface area is 217 Å². The number of methoxy groups -OCH3 is 1. The van der Waals surface area contributed by atoms with Crippen molar-refractivity contribution in [1.29, 1.82) is 5.26 Å². The fraction of sp³-hybridized carbons (Fsp3) is 0.148. The average molecular weight is 581 g/mol. The highest BCUT2D eigenvalue weighted by atomic mass is 127. The number of carbonyl (C=O) groups is 2. The van der Waals surface area contributed by atoms with Crippen LogP contribution in [0.2, 0.25) is 0 Å². The van der Waals surface area contributed by atoms with Gasteiger partial charge in [-0.2, -0.15) is 5.26 Å². The van der Waals surface area contributed by atoms with Gasteiger partial charge in [-0.05, 0) is 89.5 Å². The third kappa shape index (κ3) is 7.07. The van der Waals surface area contributed by atoms with Gasteiger partial charge in [0.2, 0.25) is 0 Å². The van der Waals surface area contributed by atoms with Crippen molar-refractivity contribution in [2.24, 2.45) is 0 Å². The molecule has 0 aromatic heterocycles. The molecule has 0 heterocycles. The van der Waals surface area contributed by atoms with Gasteiger partial charge in [0.05, 0.1) is 10.7 Å². The summed E-state index contributed by atoms with van der Waals surface area (Å²) in [5, 5.41) is 15.1. The number of rotatable bonds is 8. The van der Waals surface area contributed by atoms with E-state index in [1.807, 2.05) is 44.2 Å². The van der Waals surface area contributed by atoms with Crippen LogP contribution in [0.3, 0.4) is 0 Å². The molecule has 8 heteroatoms. The summed E-state index contributed by atoms with van der Waals surface area (Å²) in [6, 6.07) is 20.0. The molecular weight excluding hydrogens is 557 g/mol. The Hall–Kier alpha value is -3.84. The van der Waals surface area contributed by atoms with Crippen molar-refractivity contribution in [1.82, 2.24) is 0 Å². The molecule has 0 radical (unpaired) electrons. The Bertz CT molecular complexity index is 1310. The van der Waals surface area contributed by atoms with Gasteiger partial charge in [-0.15, -0.1) is 0 Å². The minimum absolute atomic E-state index is 0.0618. The Morgan fingerprint density at radius 1 is 1.06 bits per heavy atom. The first kappa shape index (κ1) is 25.8. The van der Waals surface area contributed by atoms with E-state index in [-0.39, 0.29) is 18.1 Å². The molecule has 3 aromatic rings. The number of hydrogen-bond acceptors (Lipinski definition) is 5. The summed E-state index contributed by atoms with van der Waals surface area (Å²) in [7, 11) is 1.48. The lowest BCUT2D eigenvalue weighted by atomic mass is 10.1. The van der Waals surface area contributed by atoms with Crippen molar-refractivity contribution in [3.8, 4) is 17.6 Å². The first-order chi connectivity index (χ1) is 16.8. The minimum atomic E-state index is -0.517. The largest absolute Gasteiger partial charge is 0.493 e. The number of benzene rings is 3. The molecule has 3 aromatic carbocycles. The second-order valence-corrected chi connectivity index (χ2v) is 8.84. The smallest absolute Gasteiger partial charge is 0.266 e. The summed E-state index contributed by atoms with van der Waals surface area (Å²) >= 11 is 2.06. The highest BCUT2D eigenvalue weighted by Crippen LogP contribution is 2.34. The van der Waals surface area contributed by atoms with Crippen LogP contribution in [0.15, 0.2) is 66.2 Å². The quantitative estimate of drug-likeness (QED) is 0.209. The van der Waals surface area contributed by atoms with Gasteiger partial charge in [-0.1, -0.05) is 30.3 Å². The van der Waals surface area contributed by atoms with Crippen LogP contribution < -0.4 is 20.1 Å². The molecule has 2 N–H and O–H groups in total. The summed E-state index contributed by atoms with van der Waals surface area (Å²) in [6.45, 7) is 3.67. The highest BCUT2D eigenvalue weighted by Gasteiger charge is 2.16. The number of nitriles is 1. The first-order valence-corrected chi connectivity index (χ1v) is 11.7. The molecule has 0 aliphatic heterocycles. The molecule has 3 rings (SSSR count). The Kier molecular flexibility index (Phi) is 8.86. The summed E-state index contributed by atoms with van der Waals surface area (Å²) in [4.78, 5) is 25.0.